The van der Waals surface area contributed by atoms with Crippen molar-refractivity contribution in [3.63, 3.8) is 0 Å². The average molecular weight is 291 g/mol. The van der Waals surface area contributed by atoms with Gasteiger partial charge in [-0.25, -0.2) is 0 Å². The molecule has 104 valence electrons. The van der Waals surface area contributed by atoms with E-state index in [1.807, 2.05) is 25.1 Å². The molecule has 2 rings (SSSR count). The number of nitrogens with one attached hydrogen (secondary N) is 1. The van der Waals surface area contributed by atoms with Crippen LogP contribution in [0.15, 0.2) is 47.4 Å². The number of carbonyl (C=O) groups excluding carboxylic acids is 1. The van der Waals surface area contributed by atoms with Crippen LogP contribution in [0.25, 0.3) is 0 Å². The number of pyridine rings is 1. The molecule has 0 fully saturated rings. The van der Waals surface area contributed by atoms with E-state index < -0.39 is 0 Å². The third-order valence-corrected chi connectivity index (χ3v) is 3.62. The molecule has 2 aromatic rings. The Hall–Kier alpha value is -2.07. The zero-order valence-corrected chi connectivity index (χ0v) is 12.0. The predicted octanol–water partition coefficient (Wildman–Crippen LogP) is 2.86. The first-order valence-electron chi connectivity index (χ1n) is 6.21. The van der Waals surface area contributed by atoms with E-state index in [9.17, 15) is 9.59 Å². The molecule has 1 unspecified atom stereocenters. The Bertz CT molecular complexity index is 681. The largest absolute Gasteiger partial charge is 0.335 e. The monoisotopic (exact) mass is 290 g/mol. The zero-order valence-electron chi connectivity index (χ0n) is 11.3. The van der Waals surface area contributed by atoms with E-state index in [1.54, 1.807) is 24.1 Å². The van der Waals surface area contributed by atoms with E-state index in [0.717, 1.165) is 5.56 Å². The predicted molar refractivity (Wildman–Crippen MR) is 79.0 cm³/mol. The van der Waals surface area contributed by atoms with Crippen LogP contribution in [-0.4, -0.2) is 22.8 Å². The lowest BCUT2D eigenvalue weighted by atomic mass is 10.1. The Balaban J connectivity index is 2.27. The fourth-order valence-corrected chi connectivity index (χ4v) is 2.27. The number of rotatable bonds is 3. The highest BCUT2D eigenvalue weighted by Crippen LogP contribution is 2.26. The molecule has 0 spiro atoms. The fraction of sp³-hybridized carbons (Fsp3) is 0.200. The second-order valence-corrected chi connectivity index (χ2v) is 4.96. The molecule has 0 radical (unpaired) electrons. The van der Waals surface area contributed by atoms with Gasteiger partial charge in [0.2, 0.25) is 5.56 Å². The van der Waals surface area contributed by atoms with Crippen LogP contribution >= 0.6 is 11.6 Å². The Labute approximate surface area is 122 Å². The average Bonchev–Trinajstić information content (AvgIpc) is 2.45. The fourth-order valence-electron chi connectivity index (χ4n) is 1.98. The topological polar surface area (TPSA) is 53.2 Å². The number of nitrogens with zero attached hydrogens (tertiary/aromatic N) is 1. The van der Waals surface area contributed by atoms with Gasteiger partial charge in [0.15, 0.2) is 0 Å². The van der Waals surface area contributed by atoms with Crippen LogP contribution in [0.4, 0.5) is 0 Å². The van der Waals surface area contributed by atoms with Gasteiger partial charge in [0, 0.05) is 29.9 Å². The molecule has 0 saturated carbocycles. The van der Waals surface area contributed by atoms with Gasteiger partial charge in [-0.1, -0.05) is 29.8 Å². The van der Waals surface area contributed by atoms with E-state index in [2.05, 4.69) is 4.98 Å². The van der Waals surface area contributed by atoms with Gasteiger partial charge in [-0.3, -0.25) is 9.59 Å². The van der Waals surface area contributed by atoms with Crippen molar-refractivity contribution in [2.45, 2.75) is 13.0 Å². The number of H-pyrrole nitrogens is 1. The Kier molecular flexibility index (Phi) is 4.25. The molecule has 0 aliphatic rings. The lowest BCUT2D eigenvalue weighted by molar-refractivity contribution is 0.0742. The molecule has 4 nitrogen and oxygen atoms in total. The molecule has 20 heavy (non-hydrogen) atoms. The Morgan fingerprint density at radius 2 is 2.00 bits per heavy atom. The number of hydrogen-bond donors (Lipinski definition) is 1. The van der Waals surface area contributed by atoms with Crippen molar-refractivity contribution >= 4 is 17.5 Å². The molecular weight excluding hydrogens is 276 g/mol. The second kappa shape index (κ2) is 5.92. The third kappa shape index (κ3) is 2.91. The maximum Gasteiger partial charge on any atom is 0.254 e. The highest BCUT2D eigenvalue weighted by Gasteiger charge is 2.20. The van der Waals surface area contributed by atoms with Gasteiger partial charge in [-0.2, -0.15) is 0 Å². The van der Waals surface area contributed by atoms with Crippen LogP contribution < -0.4 is 5.56 Å². The highest BCUT2D eigenvalue weighted by molar-refractivity contribution is 6.31. The molecule has 1 heterocycles. The van der Waals surface area contributed by atoms with E-state index in [1.165, 1.54) is 12.3 Å². The minimum Gasteiger partial charge on any atom is -0.335 e. The summed E-state index contributed by atoms with van der Waals surface area (Å²) in [7, 11) is 1.69. The third-order valence-electron chi connectivity index (χ3n) is 3.28. The van der Waals surface area contributed by atoms with Crippen molar-refractivity contribution in [2.24, 2.45) is 0 Å². The van der Waals surface area contributed by atoms with Crippen LogP contribution in [0, 0.1) is 0 Å². The number of aromatic amines is 1. The smallest absolute Gasteiger partial charge is 0.254 e. The molecule has 1 atom stereocenters. The van der Waals surface area contributed by atoms with Crippen molar-refractivity contribution in [1.29, 1.82) is 0 Å². The summed E-state index contributed by atoms with van der Waals surface area (Å²) in [5, 5.41) is 0.616. The van der Waals surface area contributed by atoms with Crippen LogP contribution in [0.1, 0.15) is 28.9 Å². The number of carbonyl (C=O) groups is 1. The molecule has 5 heteroatoms. The number of amides is 1. The van der Waals surface area contributed by atoms with Gasteiger partial charge in [0.1, 0.15) is 0 Å². The van der Waals surface area contributed by atoms with Crippen LogP contribution in [-0.2, 0) is 0 Å². The quantitative estimate of drug-likeness (QED) is 0.945. The molecule has 1 aromatic carbocycles. The molecular formula is C15H15ClN2O2. The number of benzene rings is 1. The van der Waals surface area contributed by atoms with Crippen molar-refractivity contribution in [3.8, 4) is 0 Å². The molecule has 1 amide bonds. The SMILES string of the molecule is CC(c1ccccc1Cl)N(C)C(=O)c1cc[nH]c(=O)c1. The summed E-state index contributed by atoms with van der Waals surface area (Å²) in [5.74, 6) is -0.219. The molecule has 1 N–H and O–H groups in total. The summed E-state index contributed by atoms with van der Waals surface area (Å²) in [6, 6.07) is 10.1. The number of hydrogen-bond acceptors (Lipinski definition) is 2. The first-order chi connectivity index (χ1) is 9.50. The van der Waals surface area contributed by atoms with E-state index in [4.69, 9.17) is 11.6 Å². The first-order valence-corrected chi connectivity index (χ1v) is 6.59. The first kappa shape index (κ1) is 14.3. The van der Waals surface area contributed by atoms with Crippen LogP contribution in [0.3, 0.4) is 0 Å². The van der Waals surface area contributed by atoms with Gasteiger partial charge in [-0.05, 0) is 24.6 Å². The minimum atomic E-state index is -0.297. The highest BCUT2D eigenvalue weighted by atomic mass is 35.5. The normalized spacial score (nSPS) is 11.9. The lowest BCUT2D eigenvalue weighted by Crippen LogP contribution is -2.30. The summed E-state index contributed by atoms with van der Waals surface area (Å²) in [6.45, 7) is 1.90. The molecule has 0 aliphatic carbocycles. The summed E-state index contributed by atoms with van der Waals surface area (Å²) in [5.41, 5.74) is 0.930. The maximum absolute atomic E-state index is 12.4. The van der Waals surface area contributed by atoms with E-state index in [-0.39, 0.29) is 17.5 Å². The summed E-state index contributed by atoms with van der Waals surface area (Å²) in [6.07, 6.45) is 1.46. The second-order valence-electron chi connectivity index (χ2n) is 4.56. The lowest BCUT2D eigenvalue weighted by Gasteiger charge is -2.26. The van der Waals surface area contributed by atoms with Gasteiger partial charge >= 0.3 is 0 Å². The van der Waals surface area contributed by atoms with Crippen LogP contribution in [0.5, 0.6) is 0 Å². The van der Waals surface area contributed by atoms with E-state index in [0.29, 0.717) is 10.6 Å². The minimum absolute atomic E-state index is 0.185. The molecule has 0 aliphatic heterocycles. The number of aromatic nitrogens is 1. The van der Waals surface area contributed by atoms with Gasteiger partial charge in [0.05, 0.1) is 6.04 Å². The Morgan fingerprint density at radius 1 is 1.30 bits per heavy atom. The van der Waals surface area contributed by atoms with Crippen molar-refractivity contribution < 1.29 is 4.79 Å². The van der Waals surface area contributed by atoms with Crippen molar-refractivity contribution in [3.05, 3.63) is 69.1 Å². The van der Waals surface area contributed by atoms with E-state index >= 15 is 0 Å². The molecule has 1 aromatic heterocycles. The van der Waals surface area contributed by atoms with Crippen molar-refractivity contribution in [1.82, 2.24) is 9.88 Å². The summed E-state index contributed by atoms with van der Waals surface area (Å²) < 4.78 is 0. The summed E-state index contributed by atoms with van der Waals surface area (Å²) >= 11 is 6.15. The van der Waals surface area contributed by atoms with Gasteiger partial charge in [-0.15, -0.1) is 0 Å². The standard InChI is InChI=1S/C15H15ClN2O2/c1-10(12-5-3-4-6-13(12)16)18(2)15(20)11-7-8-17-14(19)9-11/h3-10H,1-2H3,(H,17,19). The number of halogens is 1. The van der Waals surface area contributed by atoms with Gasteiger partial charge < -0.3 is 9.88 Å². The Morgan fingerprint density at radius 3 is 2.65 bits per heavy atom. The van der Waals surface area contributed by atoms with Crippen molar-refractivity contribution in [2.75, 3.05) is 7.05 Å². The summed E-state index contributed by atoms with van der Waals surface area (Å²) in [4.78, 5) is 27.7. The maximum atomic E-state index is 12.4. The zero-order chi connectivity index (χ0) is 14.7. The molecule has 0 saturated heterocycles. The van der Waals surface area contributed by atoms with Crippen LogP contribution in [0.2, 0.25) is 5.02 Å². The molecule has 0 bridgehead atoms. The van der Waals surface area contributed by atoms with Gasteiger partial charge in [0.25, 0.3) is 5.91 Å².